The van der Waals surface area contributed by atoms with E-state index >= 15 is 22.0 Å². The third-order valence-corrected chi connectivity index (χ3v) is 18.1. The molecule has 1 amide bonds. The van der Waals surface area contributed by atoms with Crippen LogP contribution in [-0.4, -0.2) is 118 Å². The molecule has 386 valence electrons. The normalized spacial score (nSPS) is 25.5. The molecule has 8 heterocycles. The van der Waals surface area contributed by atoms with E-state index in [1.807, 2.05) is 25.7 Å². The third kappa shape index (κ3) is 9.22. The Morgan fingerprint density at radius 2 is 1.74 bits per heavy atom. The molecular weight excluding hydrogens is 968 g/mol. The lowest BCUT2D eigenvalue weighted by atomic mass is 9.57. The molecule has 4 saturated heterocycles. The van der Waals surface area contributed by atoms with E-state index in [2.05, 4.69) is 46.0 Å². The first-order valence-electron chi connectivity index (χ1n) is 25.8. The second-order valence-corrected chi connectivity index (χ2v) is 29.6. The van der Waals surface area contributed by atoms with Crippen LogP contribution in [0.15, 0.2) is 24.5 Å². The van der Waals surface area contributed by atoms with E-state index in [1.165, 1.54) is 36.7 Å². The zero-order valence-corrected chi connectivity index (χ0v) is 44.2. The van der Waals surface area contributed by atoms with Crippen molar-refractivity contribution in [3.05, 3.63) is 35.7 Å². The summed E-state index contributed by atoms with van der Waals surface area (Å²) in [5.74, 6) is 1.60. The molecular formula is C53H65F5N8O4SSi. The van der Waals surface area contributed by atoms with Crippen LogP contribution in [0.25, 0.3) is 42.5 Å². The van der Waals surface area contributed by atoms with Gasteiger partial charge in [-0.25, -0.2) is 18.3 Å². The van der Waals surface area contributed by atoms with Gasteiger partial charge in [-0.1, -0.05) is 19.6 Å². The fraction of sp³-hybridized carbons (Fsp3) is 0.642. The monoisotopic (exact) mass is 1030 g/mol. The van der Waals surface area contributed by atoms with Gasteiger partial charge in [-0.05, 0) is 128 Å². The SMILES string of the molecule is Cc1cc2c(cnn2C2CCCCO2)c(-c2nccc3c2sc2nc(OC[C@]4(CN5CCC6(CC5)CC(CC#C[Si](C)(C)C)C6)CC4(F)F)nc(N4CC5CCC(C4)N5C(=O)OC(C)(C)C)c23)c1C(F)(F)F. The van der Waals surface area contributed by atoms with Crippen LogP contribution >= 0.6 is 11.3 Å². The number of rotatable bonds is 9. The summed E-state index contributed by atoms with van der Waals surface area (Å²) in [5, 5.41) is 6.10. The molecule has 19 heteroatoms. The zero-order chi connectivity index (χ0) is 50.8. The summed E-state index contributed by atoms with van der Waals surface area (Å²) in [7, 11) is -1.41. The third-order valence-electron chi connectivity index (χ3n) is 16.1. The number of hydrogen-bond donors (Lipinski definition) is 0. The van der Waals surface area contributed by atoms with Crippen LogP contribution in [-0.2, 0) is 15.7 Å². The predicted octanol–water partition coefficient (Wildman–Crippen LogP) is 12.0. The number of nitrogens with zero attached hydrogens (tertiary/aromatic N) is 8. The van der Waals surface area contributed by atoms with E-state index in [-0.39, 0.29) is 66.0 Å². The number of aryl methyl sites for hydroxylation is 1. The number of piperidine rings is 1. The Morgan fingerprint density at radius 3 is 2.38 bits per heavy atom. The lowest BCUT2D eigenvalue weighted by Gasteiger charge is -2.52. The molecule has 2 saturated carbocycles. The summed E-state index contributed by atoms with van der Waals surface area (Å²) in [6.45, 7) is 16.5. The van der Waals surface area contributed by atoms with E-state index in [0.717, 1.165) is 70.9 Å². The Balaban J connectivity index is 0.934. The van der Waals surface area contributed by atoms with Gasteiger partial charge in [0.25, 0.3) is 5.92 Å². The minimum Gasteiger partial charge on any atom is -0.462 e. The van der Waals surface area contributed by atoms with E-state index in [9.17, 15) is 4.79 Å². The summed E-state index contributed by atoms with van der Waals surface area (Å²) >= 11 is 1.18. The number of carbonyl (C=O) groups excluding carboxylic acids is 1. The maximum atomic E-state index is 15.7. The van der Waals surface area contributed by atoms with Gasteiger partial charge >= 0.3 is 18.3 Å². The molecule has 4 atom stereocenters. The van der Waals surface area contributed by atoms with Gasteiger partial charge in [-0.3, -0.25) is 9.88 Å². The average molecular weight is 1030 g/mol. The van der Waals surface area contributed by atoms with Gasteiger partial charge in [0.15, 0.2) is 6.23 Å². The van der Waals surface area contributed by atoms with Crippen molar-refractivity contribution >= 4 is 62.5 Å². The molecule has 0 radical (unpaired) electrons. The molecule has 0 N–H and O–H groups in total. The molecule has 4 aliphatic heterocycles. The summed E-state index contributed by atoms with van der Waals surface area (Å²) in [6.07, 6.45) is 6.33. The minimum absolute atomic E-state index is 0.0297. The highest BCUT2D eigenvalue weighted by Gasteiger charge is 2.72. The number of fused-ring (bicyclic) bond motifs is 6. The number of thiophene rings is 1. The van der Waals surface area contributed by atoms with Gasteiger partial charge in [-0.2, -0.15) is 28.2 Å². The fourth-order valence-corrected chi connectivity index (χ4v) is 14.3. The van der Waals surface area contributed by atoms with Crippen molar-refractivity contribution < 1.29 is 41.0 Å². The van der Waals surface area contributed by atoms with Gasteiger partial charge in [0.2, 0.25) is 0 Å². The maximum absolute atomic E-state index is 15.7. The molecule has 1 spiro atoms. The van der Waals surface area contributed by atoms with Crippen LogP contribution in [0.1, 0.15) is 109 Å². The fourth-order valence-electron chi connectivity index (χ4n) is 12.5. The standard InChI is InChI=1S/C53H65F5N8O4SSi/c1-32-23-38-37(26-60-66(38)39-12-8-9-21-68-39)40(42(32)53(56,57)58)43-44-36(15-18-59-43)41-45(64-27-34-13-14-35(28-64)65(34)48(67)70-49(2,3)4)61-47(62-46(41)71-44)69-31-51(29-52(51,54)55)30-63-19-16-50(17-20-63)24-33(25-50)11-10-22-72(5,6)7/h15,18,23,26,33-35,39H,8-9,11-14,16-17,19-21,24-25,27-31H2,1-7H3/t34?,35?,39?,51-/m1/s1. The van der Waals surface area contributed by atoms with Gasteiger partial charge in [0.05, 0.1) is 50.6 Å². The molecule has 2 bridgehead atoms. The Morgan fingerprint density at radius 1 is 1.01 bits per heavy atom. The topological polar surface area (TPSA) is 111 Å². The van der Waals surface area contributed by atoms with Crippen molar-refractivity contribution in [2.45, 2.75) is 154 Å². The van der Waals surface area contributed by atoms with Crippen molar-refractivity contribution in [3.63, 3.8) is 0 Å². The highest BCUT2D eigenvalue weighted by molar-refractivity contribution is 7.26. The number of ether oxygens (including phenoxy) is 3. The number of aromatic nitrogens is 5. The maximum Gasteiger partial charge on any atom is 0.417 e. The van der Waals surface area contributed by atoms with Crippen LogP contribution in [0.3, 0.4) is 0 Å². The number of halogens is 5. The lowest BCUT2D eigenvalue weighted by Crippen LogP contribution is -2.57. The predicted molar refractivity (Wildman–Crippen MR) is 271 cm³/mol. The first-order valence-corrected chi connectivity index (χ1v) is 30.1. The van der Waals surface area contributed by atoms with Crippen molar-refractivity contribution in [2.75, 3.05) is 50.8 Å². The van der Waals surface area contributed by atoms with E-state index < -0.39 is 43.0 Å². The van der Waals surface area contributed by atoms with Gasteiger partial charge in [0.1, 0.15) is 30.9 Å². The molecule has 4 aromatic heterocycles. The number of carbonyl (C=O) groups is 1. The van der Waals surface area contributed by atoms with Crippen LogP contribution in [0.5, 0.6) is 6.01 Å². The molecule has 1 aromatic carbocycles. The molecule has 72 heavy (non-hydrogen) atoms. The van der Waals surface area contributed by atoms with E-state index in [4.69, 9.17) is 29.2 Å². The van der Waals surface area contributed by atoms with Gasteiger partial charge < -0.3 is 24.0 Å². The zero-order valence-electron chi connectivity index (χ0n) is 42.4. The van der Waals surface area contributed by atoms with Crippen molar-refractivity contribution in [3.8, 4) is 28.7 Å². The molecule has 11 rings (SSSR count). The van der Waals surface area contributed by atoms with E-state index in [0.29, 0.717) is 69.1 Å². The molecule has 6 fully saturated rings. The highest BCUT2D eigenvalue weighted by atomic mass is 32.1. The minimum atomic E-state index is -4.74. The second kappa shape index (κ2) is 17.8. The smallest absolute Gasteiger partial charge is 0.417 e. The quantitative estimate of drug-likeness (QED) is 0.0804. The molecule has 6 aliphatic rings. The van der Waals surface area contributed by atoms with Crippen LogP contribution in [0.2, 0.25) is 19.6 Å². The van der Waals surface area contributed by atoms with Crippen LogP contribution in [0, 0.1) is 35.1 Å². The van der Waals surface area contributed by atoms with Gasteiger partial charge in [0, 0.05) is 61.6 Å². The number of likely N-dealkylation sites (tertiary alicyclic amines) is 1. The Hall–Kier alpha value is -4.64. The first-order chi connectivity index (χ1) is 34.0. The Kier molecular flexibility index (Phi) is 12.2. The number of benzene rings is 1. The van der Waals surface area contributed by atoms with Crippen molar-refractivity contribution in [1.29, 1.82) is 0 Å². The van der Waals surface area contributed by atoms with E-state index in [1.54, 1.807) is 10.7 Å². The summed E-state index contributed by atoms with van der Waals surface area (Å²) in [4.78, 5) is 34.7. The van der Waals surface area contributed by atoms with Crippen LogP contribution < -0.4 is 9.64 Å². The number of pyridine rings is 1. The highest BCUT2D eigenvalue weighted by Crippen LogP contribution is 2.62. The van der Waals surface area contributed by atoms with Crippen molar-refractivity contribution in [2.24, 2.45) is 16.7 Å². The lowest BCUT2D eigenvalue weighted by molar-refractivity contribution is -0.137. The Bertz CT molecular complexity index is 2980. The average Bonchev–Trinajstić information content (AvgIpc) is 3.66. The number of anilines is 1. The summed E-state index contributed by atoms with van der Waals surface area (Å²) in [5.41, 5.74) is 1.44. The second-order valence-electron chi connectivity index (χ2n) is 23.9. The number of piperazine rings is 1. The first kappa shape index (κ1) is 49.6. The number of amides is 1. The number of alkyl halides is 5. The van der Waals surface area contributed by atoms with Gasteiger partial charge in [-0.15, -0.1) is 22.8 Å². The molecule has 5 aromatic rings. The Labute approximate surface area is 422 Å². The van der Waals surface area contributed by atoms with Crippen molar-refractivity contribution in [1.82, 2.24) is 34.5 Å². The molecule has 2 aliphatic carbocycles. The van der Waals surface area contributed by atoms with Crippen LogP contribution in [0.4, 0.5) is 32.6 Å². The molecule has 12 nitrogen and oxygen atoms in total. The number of hydrogen-bond acceptors (Lipinski definition) is 11. The molecule has 3 unspecified atom stereocenters. The summed E-state index contributed by atoms with van der Waals surface area (Å²) in [6, 6.07) is 2.80. The largest absolute Gasteiger partial charge is 0.462 e. The summed E-state index contributed by atoms with van der Waals surface area (Å²) < 4.78 is 98.1.